The van der Waals surface area contributed by atoms with Crippen LogP contribution in [0.4, 0.5) is 14.5 Å². The van der Waals surface area contributed by atoms with Crippen LogP contribution in [0.1, 0.15) is 12.1 Å². The van der Waals surface area contributed by atoms with Gasteiger partial charge in [0.1, 0.15) is 5.69 Å². The molecule has 0 spiro atoms. The van der Waals surface area contributed by atoms with Gasteiger partial charge in [-0.15, -0.1) is 0 Å². The van der Waals surface area contributed by atoms with Gasteiger partial charge in [-0.25, -0.2) is 8.78 Å². The highest BCUT2D eigenvalue weighted by molar-refractivity contribution is 7.13. The summed E-state index contributed by atoms with van der Waals surface area (Å²) in [6.07, 6.45) is -2.53. The summed E-state index contributed by atoms with van der Waals surface area (Å²) >= 11 is 1.07. The lowest BCUT2D eigenvalue weighted by atomic mass is 10.2. The maximum atomic E-state index is 12.4. The van der Waals surface area contributed by atoms with Crippen LogP contribution in [-0.4, -0.2) is 4.37 Å². The van der Waals surface area contributed by atoms with Gasteiger partial charge < -0.3 is 5.73 Å². The van der Waals surface area contributed by atoms with Crippen molar-refractivity contribution in [1.29, 1.82) is 0 Å². The topological polar surface area (TPSA) is 38.9 Å². The van der Waals surface area contributed by atoms with Gasteiger partial charge in [-0.1, -0.05) is 0 Å². The Morgan fingerprint density at radius 3 is 2.85 bits per heavy atom. The number of fused-ring (bicyclic) bond motifs is 1. The lowest BCUT2D eigenvalue weighted by molar-refractivity contribution is 0.149. The molecule has 0 saturated carbocycles. The van der Waals surface area contributed by atoms with Crippen molar-refractivity contribution in [3.63, 3.8) is 0 Å². The minimum Gasteiger partial charge on any atom is -0.399 e. The van der Waals surface area contributed by atoms with Crippen LogP contribution in [0.5, 0.6) is 0 Å². The average Bonchev–Trinajstić information content (AvgIpc) is 2.46. The fraction of sp³-hybridized carbons (Fsp3) is 0.125. The number of aromatic nitrogens is 1. The number of halogens is 2. The van der Waals surface area contributed by atoms with E-state index in [4.69, 9.17) is 5.73 Å². The fourth-order valence-corrected chi connectivity index (χ4v) is 1.90. The number of rotatable bonds is 1. The molecule has 0 aliphatic carbocycles. The maximum Gasteiger partial charge on any atom is 0.282 e. The molecule has 0 bridgehead atoms. The van der Waals surface area contributed by atoms with Crippen molar-refractivity contribution >= 4 is 27.3 Å². The predicted molar refractivity (Wildman–Crippen MR) is 49.0 cm³/mol. The summed E-state index contributed by atoms with van der Waals surface area (Å²) < 4.78 is 29.1. The minimum atomic E-state index is -2.53. The minimum absolute atomic E-state index is 0.174. The Kier molecular flexibility index (Phi) is 1.88. The van der Waals surface area contributed by atoms with E-state index in [9.17, 15) is 8.78 Å². The zero-order chi connectivity index (χ0) is 9.42. The molecule has 2 rings (SSSR count). The third-order valence-corrected chi connectivity index (χ3v) is 2.57. The van der Waals surface area contributed by atoms with E-state index in [1.807, 2.05) is 0 Å². The molecule has 2 nitrogen and oxygen atoms in total. The number of nitrogens with zero attached hydrogens (tertiary/aromatic N) is 1. The van der Waals surface area contributed by atoms with E-state index < -0.39 is 6.43 Å². The number of hydrogen-bond donors (Lipinski definition) is 1. The first-order valence-electron chi connectivity index (χ1n) is 3.61. The lowest BCUT2D eigenvalue weighted by Gasteiger charge is -1.95. The second kappa shape index (κ2) is 2.92. The van der Waals surface area contributed by atoms with Crippen molar-refractivity contribution in [1.82, 2.24) is 4.37 Å². The molecule has 1 aromatic heterocycles. The van der Waals surface area contributed by atoms with Gasteiger partial charge in [-0.3, -0.25) is 0 Å². The standard InChI is InChI=1S/C8H6F2N2S/c9-8(10)7-5-3-4(11)1-2-6(5)13-12-7/h1-3,8H,11H2. The molecule has 0 radical (unpaired) electrons. The molecule has 1 heterocycles. The molecule has 2 aromatic rings. The van der Waals surface area contributed by atoms with Crippen LogP contribution in [0.2, 0.25) is 0 Å². The normalized spacial score (nSPS) is 11.3. The summed E-state index contributed by atoms with van der Waals surface area (Å²) in [5.74, 6) is 0. The van der Waals surface area contributed by atoms with Crippen LogP contribution in [-0.2, 0) is 0 Å². The molecule has 0 aliphatic rings. The molecule has 0 unspecified atom stereocenters. The van der Waals surface area contributed by atoms with Crippen molar-refractivity contribution in [2.24, 2.45) is 0 Å². The molecule has 2 N–H and O–H groups in total. The quantitative estimate of drug-likeness (QED) is 0.719. The summed E-state index contributed by atoms with van der Waals surface area (Å²) in [5.41, 5.74) is 5.79. The van der Waals surface area contributed by atoms with Crippen molar-refractivity contribution in [3.05, 3.63) is 23.9 Å². The van der Waals surface area contributed by atoms with Gasteiger partial charge in [0.15, 0.2) is 0 Å². The highest BCUT2D eigenvalue weighted by Gasteiger charge is 2.15. The van der Waals surface area contributed by atoms with E-state index >= 15 is 0 Å². The Morgan fingerprint density at radius 1 is 1.38 bits per heavy atom. The maximum absolute atomic E-state index is 12.4. The number of nitrogen functional groups attached to an aromatic ring is 1. The molecule has 0 fully saturated rings. The number of nitrogens with two attached hydrogens (primary N) is 1. The van der Waals surface area contributed by atoms with Crippen LogP contribution in [0.3, 0.4) is 0 Å². The Balaban J connectivity index is 2.71. The smallest absolute Gasteiger partial charge is 0.282 e. The Hall–Kier alpha value is -1.23. The Labute approximate surface area is 77.2 Å². The van der Waals surface area contributed by atoms with E-state index in [0.29, 0.717) is 11.1 Å². The number of anilines is 1. The monoisotopic (exact) mass is 200 g/mol. The van der Waals surface area contributed by atoms with E-state index in [-0.39, 0.29) is 5.69 Å². The van der Waals surface area contributed by atoms with Crippen molar-refractivity contribution in [2.45, 2.75) is 6.43 Å². The van der Waals surface area contributed by atoms with Crippen LogP contribution < -0.4 is 5.73 Å². The van der Waals surface area contributed by atoms with Gasteiger partial charge in [0.25, 0.3) is 6.43 Å². The van der Waals surface area contributed by atoms with Crippen molar-refractivity contribution in [3.8, 4) is 0 Å². The number of benzene rings is 1. The van der Waals surface area contributed by atoms with Gasteiger partial charge in [0.2, 0.25) is 0 Å². The molecule has 0 atom stereocenters. The zero-order valence-electron chi connectivity index (χ0n) is 6.50. The Morgan fingerprint density at radius 2 is 2.15 bits per heavy atom. The lowest BCUT2D eigenvalue weighted by Crippen LogP contribution is -1.86. The molecule has 68 valence electrons. The highest BCUT2D eigenvalue weighted by Crippen LogP contribution is 2.30. The molecule has 0 saturated heterocycles. The fourth-order valence-electron chi connectivity index (χ4n) is 1.13. The van der Waals surface area contributed by atoms with Gasteiger partial charge >= 0.3 is 0 Å². The third kappa shape index (κ3) is 1.35. The molecule has 1 aromatic carbocycles. The van der Waals surface area contributed by atoms with Gasteiger partial charge in [0, 0.05) is 11.1 Å². The second-order valence-corrected chi connectivity index (χ2v) is 3.43. The first-order chi connectivity index (χ1) is 6.18. The summed E-state index contributed by atoms with van der Waals surface area (Å²) in [4.78, 5) is 0. The van der Waals surface area contributed by atoms with E-state index in [2.05, 4.69) is 4.37 Å². The number of alkyl halides is 2. The van der Waals surface area contributed by atoms with Crippen LogP contribution in [0.25, 0.3) is 10.1 Å². The van der Waals surface area contributed by atoms with Crippen molar-refractivity contribution in [2.75, 3.05) is 5.73 Å². The van der Waals surface area contributed by atoms with E-state index in [1.54, 1.807) is 12.1 Å². The van der Waals surface area contributed by atoms with Crippen LogP contribution >= 0.6 is 11.5 Å². The van der Waals surface area contributed by atoms with Gasteiger partial charge in [-0.05, 0) is 29.7 Å². The molecule has 0 amide bonds. The summed E-state index contributed by atoms with van der Waals surface area (Å²) in [7, 11) is 0. The van der Waals surface area contributed by atoms with Crippen LogP contribution in [0.15, 0.2) is 18.2 Å². The number of hydrogen-bond acceptors (Lipinski definition) is 3. The largest absolute Gasteiger partial charge is 0.399 e. The zero-order valence-corrected chi connectivity index (χ0v) is 7.31. The first-order valence-corrected chi connectivity index (χ1v) is 4.39. The highest BCUT2D eigenvalue weighted by atomic mass is 32.1. The third-order valence-electron chi connectivity index (χ3n) is 1.73. The first kappa shape index (κ1) is 8.37. The predicted octanol–water partition coefficient (Wildman–Crippen LogP) is 2.82. The van der Waals surface area contributed by atoms with E-state index in [0.717, 1.165) is 16.2 Å². The van der Waals surface area contributed by atoms with Crippen LogP contribution in [0, 0.1) is 0 Å². The van der Waals surface area contributed by atoms with E-state index in [1.165, 1.54) is 6.07 Å². The molecule has 13 heavy (non-hydrogen) atoms. The molecular weight excluding hydrogens is 194 g/mol. The van der Waals surface area contributed by atoms with Crippen molar-refractivity contribution < 1.29 is 8.78 Å². The summed E-state index contributed by atoms with van der Waals surface area (Å²) in [6.45, 7) is 0. The van der Waals surface area contributed by atoms with Gasteiger partial charge in [-0.2, -0.15) is 4.37 Å². The molecule has 0 aliphatic heterocycles. The summed E-state index contributed by atoms with van der Waals surface area (Å²) in [5, 5.41) is 0.458. The SMILES string of the molecule is Nc1ccc2snc(C(F)F)c2c1. The summed E-state index contributed by atoms with van der Waals surface area (Å²) in [6, 6.07) is 4.91. The molecular formula is C8H6F2N2S. The molecule has 5 heteroatoms. The van der Waals surface area contributed by atoms with Gasteiger partial charge in [0.05, 0.1) is 4.70 Å². The second-order valence-electron chi connectivity index (χ2n) is 2.62. The average molecular weight is 200 g/mol. The Bertz CT molecular complexity index is 439.